The summed E-state index contributed by atoms with van der Waals surface area (Å²) in [5.74, 6) is 1.65. The first-order valence-electron chi connectivity index (χ1n) is 7.47. The van der Waals surface area contributed by atoms with Gasteiger partial charge in [-0.2, -0.15) is 15.0 Å². The number of hydrogen-bond acceptors (Lipinski definition) is 5. The first kappa shape index (κ1) is 13.8. The number of piperidine rings is 1. The van der Waals surface area contributed by atoms with Gasteiger partial charge in [0.15, 0.2) is 5.82 Å². The number of nitrogens with two attached hydrogens (primary N) is 1. The number of aryl methyl sites for hydroxylation is 2. The zero-order valence-corrected chi connectivity index (χ0v) is 12.6. The lowest BCUT2D eigenvalue weighted by molar-refractivity contribution is 0.568. The van der Waals surface area contributed by atoms with Crippen molar-refractivity contribution < 1.29 is 0 Å². The summed E-state index contributed by atoms with van der Waals surface area (Å²) in [5.41, 5.74) is 9.36. The third-order valence-electron chi connectivity index (χ3n) is 4.04. The molecule has 2 heterocycles. The molecule has 2 aromatic rings. The van der Waals surface area contributed by atoms with Gasteiger partial charge in [0, 0.05) is 18.7 Å². The highest BCUT2D eigenvalue weighted by Gasteiger charge is 2.16. The van der Waals surface area contributed by atoms with E-state index in [1.807, 2.05) is 6.07 Å². The fourth-order valence-corrected chi connectivity index (χ4v) is 2.63. The second-order valence-electron chi connectivity index (χ2n) is 5.66. The smallest absolute Gasteiger partial charge is 0.230 e. The third kappa shape index (κ3) is 2.96. The molecule has 2 N–H and O–H groups in total. The van der Waals surface area contributed by atoms with Crippen LogP contribution in [-0.2, 0) is 0 Å². The predicted octanol–water partition coefficient (Wildman–Crippen LogP) is 2.73. The van der Waals surface area contributed by atoms with E-state index in [1.54, 1.807) is 0 Å². The topological polar surface area (TPSA) is 67.9 Å². The molecular weight excluding hydrogens is 262 g/mol. The highest BCUT2D eigenvalue weighted by molar-refractivity contribution is 5.59. The number of nitrogens with zero attached hydrogens (tertiary/aromatic N) is 4. The number of nitrogen functional groups attached to an aromatic ring is 1. The zero-order chi connectivity index (χ0) is 14.8. The monoisotopic (exact) mass is 283 g/mol. The highest BCUT2D eigenvalue weighted by atomic mass is 15.3. The van der Waals surface area contributed by atoms with Crippen LogP contribution in [0.15, 0.2) is 18.2 Å². The van der Waals surface area contributed by atoms with E-state index in [4.69, 9.17) is 5.73 Å². The Labute approximate surface area is 125 Å². The van der Waals surface area contributed by atoms with Crippen LogP contribution in [0.25, 0.3) is 11.4 Å². The molecule has 1 aromatic carbocycles. The van der Waals surface area contributed by atoms with Gasteiger partial charge in [0.1, 0.15) is 0 Å². The second kappa shape index (κ2) is 5.68. The highest BCUT2D eigenvalue weighted by Crippen LogP contribution is 2.22. The summed E-state index contributed by atoms with van der Waals surface area (Å²) in [6.45, 7) is 6.18. The number of aromatic nitrogens is 3. The van der Waals surface area contributed by atoms with Crippen molar-refractivity contribution in [2.24, 2.45) is 0 Å². The van der Waals surface area contributed by atoms with Crippen molar-refractivity contribution in [3.8, 4) is 11.4 Å². The van der Waals surface area contributed by atoms with Crippen molar-refractivity contribution >= 4 is 11.9 Å². The van der Waals surface area contributed by atoms with Crippen LogP contribution in [-0.4, -0.2) is 28.0 Å². The molecular formula is C16H21N5. The van der Waals surface area contributed by atoms with Crippen LogP contribution in [0.5, 0.6) is 0 Å². The largest absolute Gasteiger partial charge is 0.368 e. The summed E-state index contributed by atoms with van der Waals surface area (Å²) in [6, 6.07) is 6.23. The fraction of sp³-hybridized carbons (Fsp3) is 0.438. The van der Waals surface area contributed by atoms with E-state index < -0.39 is 0 Å². The summed E-state index contributed by atoms with van der Waals surface area (Å²) in [7, 11) is 0. The SMILES string of the molecule is Cc1ccc(-c2nc(N)nc(N3CCCCC3)n2)cc1C. The van der Waals surface area contributed by atoms with Crippen LogP contribution < -0.4 is 10.6 Å². The van der Waals surface area contributed by atoms with Crippen LogP contribution in [0.1, 0.15) is 30.4 Å². The lowest BCUT2D eigenvalue weighted by Crippen LogP contribution is -2.31. The first-order valence-corrected chi connectivity index (χ1v) is 7.47. The molecule has 5 heteroatoms. The predicted molar refractivity (Wildman–Crippen MR) is 85.2 cm³/mol. The molecule has 0 saturated carbocycles. The molecule has 1 fully saturated rings. The van der Waals surface area contributed by atoms with Crippen molar-refractivity contribution in [2.75, 3.05) is 23.7 Å². The molecule has 110 valence electrons. The summed E-state index contributed by atoms with van der Waals surface area (Å²) in [6.07, 6.45) is 3.65. The van der Waals surface area contributed by atoms with E-state index in [0.717, 1.165) is 18.7 Å². The molecule has 1 aliphatic rings. The van der Waals surface area contributed by atoms with Gasteiger partial charge in [-0.3, -0.25) is 0 Å². The maximum atomic E-state index is 5.88. The minimum absolute atomic E-state index is 0.291. The molecule has 0 aliphatic carbocycles. The molecule has 0 spiro atoms. The van der Waals surface area contributed by atoms with E-state index in [2.05, 4.69) is 45.8 Å². The number of anilines is 2. The lowest BCUT2D eigenvalue weighted by Gasteiger charge is -2.26. The average molecular weight is 283 g/mol. The van der Waals surface area contributed by atoms with E-state index >= 15 is 0 Å². The van der Waals surface area contributed by atoms with Crippen molar-refractivity contribution in [1.29, 1.82) is 0 Å². The third-order valence-corrected chi connectivity index (χ3v) is 4.04. The van der Waals surface area contributed by atoms with Crippen LogP contribution in [0, 0.1) is 13.8 Å². The lowest BCUT2D eigenvalue weighted by atomic mass is 10.1. The first-order chi connectivity index (χ1) is 10.1. The van der Waals surface area contributed by atoms with Gasteiger partial charge < -0.3 is 10.6 Å². The number of hydrogen-bond donors (Lipinski definition) is 1. The molecule has 0 radical (unpaired) electrons. The van der Waals surface area contributed by atoms with Crippen LogP contribution in [0.4, 0.5) is 11.9 Å². The maximum Gasteiger partial charge on any atom is 0.230 e. The van der Waals surface area contributed by atoms with E-state index in [-0.39, 0.29) is 0 Å². The molecule has 21 heavy (non-hydrogen) atoms. The molecule has 1 aliphatic heterocycles. The Hall–Kier alpha value is -2.17. The van der Waals surface area contributed by atoms with Gasteiger partial charge in [0.2, 0.25) is 11.9 Å². The van der Waals surface area contributed by atoms with Gasteiger partial charge in [0.25, 0.3) is 0 Å². The summed E-state index contributed by atoms with van der Waals surface area (Å²) >= 11 is 0. The number of rotatable bonds is 2. The minimum atomic E-state index is 0.291. The van der Waals surface area contributed by atoms with E-state index in [9.17, 15) is 0 Å². The van der Waals surface area contributed by atoms with Gasteiger partial charge in [-0.15, -0.1) is 0 Å². The minimum Gasteiger partial charge on any atom is -0.368 e. The van der Waals surface area contributed by atoms with E-state index in [0.29, 0.717) is 17.7 Å². The Kier molecular flexibility index (Phi) is 3.73. The second-order valence-corrected chi connectivity index (χ2v) is 5.66. The Balaban J connectivity index is 1.98. The van der Waals surface area contributed by atoms with Gasteiger partial charge in [-0.25, -0.2) is 0 Å². The Bertz CT molecular complexity index is 647. The normalized spacial score (nSPS) is 15.2. The van der Waals surface area contributed by atoms with Crippen LogP contribution >= 0.6 is 0 Å². The van der Waals surface area contributed by atoms with E-state index in [1.165, 1.54) is 30.4 Å². The van der Waals surface area contributed by atoms with Gasteiger partial charge in [-0.05, 0) is 50.3 Å². The van der Waals surface area contributed by atoms with Gasteiger partial charge in [-0.1, -0.05) is 12.1 Å². The Morgan fingerprint density at radius 1 is 0.952 bits per heavy atom. The number of benzene rings is 1. The van der Waals surface area contributed by atoms with Crippen LogP contribution in [0.3, 0.4) is 0 Å². The maximum absolute atomic E-state index is 5.88. The van der Waals surface area contributed by atoms with Crippen molar-refractivity contribution in [2.45, 2.75) is 33.1 Å². The molecule has 1 saturated heterocycles. The molecule has 0 atom stereocenters. The fourth-order valence-electron chi connectivity index (χ4n) is 2.63. The summed E-state index contributed by atoms with van der Waals surface area (Å²) in [4.78, 5) is 15.4. The quantitative estimate of drug-likeness (QED) is 0.917. The molecule has 0 bridgehead atoms. The standard InChI is InChI=1S/C16H21N5/c1-11-6-7-13(10-12(11)2)14-18-15(17)20-16(19-14)21-8-4-3-5-9-21/h6-7,10H,3-5,8-9H2,1-2H3,(H2,17,18,19,20). The zero-order valence-electron chi connectivity index (χ0n) is 12.6. The average Bonchev–Trinajstić information content (AvgIpc) is 2.50. The Morgan fingerprint density at radius 2 is 1.71 bits per heavy atom. The van der Waals surface area contributed by atoms with Gasteiger partial charge >= 0.3 is 0 Å². The molecule has 5 nitrogen and oxygen atoms in total. The Morgan fingerprint density at radius 3 is 2.43 bits per heavy atom. The molecule has 0 unspecified atom stereocenters. The summed E-state index contributed by atoms with van der Waals surface area (Å²) < 4.78 is 0. The molecule has 1 aromatic heterocycles. The summed E-state index contributed by atoms with van der Waals surface area (Å²) in [5, 5.41) is 0. The van der Waals surface area contributed by atoms with Crippen molar-refractivity contribution in [3.63, 3.8) is 0 Å². The van der Waals surface area contributed by atoms with Crippen LogP contribution in [0.2, 0.25) is 0 Å². The molecule has 0 amide bonds. The molecule has 3 rings (SSSR count). The van der Waals surface area contributed by atoms with Crippen molar-refractivity contribution in [1.82, 2.24) is 15.0 Å². The van der Waals surface area contributed by atoms with Gasteiger partial charge in [0.05, 0.1) is 0 Å². The van der Waals surface area contributed by atoms with Crippen molar-refractivity contribution in [3.05, 3.63) is 29.3 Å².